The second-order valence-electron chi connectivity index (χ2n) is 9.45. The van der Waals surface area contributed by atoms with Gasteiger partial charge in [0.1, 0.15) is 12.4 Å². The van der Waals surface area contributed by atoms with Crippen molar-refractivity contribution in [2.75, 3.05) is 11.9 Å². The van der Waals surface area contributed by atoms with Crippen LogP contribution in [0.1, 0.15) is 73.4 Å². The summed E-state index contributed by atoms with van der Waals surface area (Å²) in [5.41, 5.74) is 4.85. The highest BCUT2D eigenvalue weighted by Gasteiger charge is 2.15. The Hall–Kier alpha value is -3.34. The zero-order chi connectivity index (χ0) is 23.8. The molecule has 1 amide bonds. The summed E-state index contributed by atoms with van der Waals surface area (Å²) in [6.45, 7) is 5.59. The van der Waals surface area contributed by atoms with Crippen LogP contribution in [0.2, 0.25) is 0 Å². The molecule has 0 spiro atoms. The molecule has 4 rings (SSSR count). The van der Waals surface area contributed by atoms with Gasteiger partial charge in [-0.3, -0.25) is 9.78 Å². The Morgan fingerprint density at radius 3 is 2.62 bits per heavy atom. The molecule has 3 aromatic rings. The maximum Gasteiger partial charge on any atom is 0.251 e. The van der Waals surface area contributed by atoms with E-state index in [1.807, 2.05) is 48.5 Å². The number of nitrogens with one attached hydrogen (secondary N) is 2. The monoisotopic (exact) mass is 457 g/mol. The van der Waals surface area contributed by atoms with Gasteiger partial charge in [0.15, 0.2) is 0 Å². The van der Waals surface area contributed by atoms with E-state index in [4.69, 9.17) is 4.74 Å². The van der Waals surface area contributed by atoms with Crippen LogP contribution in [0.5, 0.6) is 5.75 Å². The lowest BCUT2D eigenvalue weighted by Crippen LogP contribution is -2.25. The maximum atomic E-state index is 12.7. The molecule has 0 bridgehead atoms. The standard InChI is InChI=1S/C29H35N3O2/c1-21(2)27-19-26(34-20-23-12-15-30-16-13-23)10-11-28(27)32-25-9-5-8-24(18-25)29(33)31-17-14-22-6-3-4-7-22/h5,8-13,15-16,18-19,21-22,32H,3-4,6-7,14,17,20H2,1-2H3,(H,31,33). The van der Waals surface area contributed by atoms with Gasteiger partial charge in [0.25, 0.3) is 5.91 Å². The third-order valence-corrected chi connectivity index (χ3v) is 6.52. The number of benzene rings is 2. The zero-order valence-electron chi connectivity index (χ0n) is 20.2. The number of amides is 1. The Morgan fingerprint density at radius 2 is 1.85 bits per heavy atom. The fourth-order valence-electron chi connectivity index (χ4n) is 4.55. The van der Waals surface area contributed by atoms with Gasteiger partial charge in [-0.25, -0.2) is 0 Å². The van der Waals surface area contributed by atoms with Crippen LogP contribution in [-0.4, -0.2) is 17.4 Å². The second kappa shape index (κ2) is 11.7. The summed E-state index contributed by atoms with van der Waals surface area (Å²) < 4.78 is 6.00. The summed E-state index contributed by atoms with van der Waals surface area (Å²) in [6, 6.07) is 17.7. The number of carbonyl (C=O) groups is 1. The number of aromatic nitrogens is 1. The first-order valence-electron chi connectivity index (χ1n) is 12.4. The molecule has 1 aromatic heterocycles. The van der Waals surface area contributed by atoms with Crippen molar-refractivity contribution in [3.05, 3.63) is 83.7 Å². The molecule has 1 saturated carbocycles. The molecule has 1 heterocycles. The molecule has 5 heteroatoms. The molecule has 0 unspecified atom stereocenters. The van der Waals surface area contributed by atoms with E-state index in [2.05, 4.69) is 35.5 Å². The largest absolute Gasteiger partial charge is 0.489 e. The highest BCUT2D eigenvalue weighted by atomic mass is 16.5. The molecule has 2 aromatic carbocycles. The van der Waals surface area contributed by atoms with Crippen molar-refractivity contribution >= 4 is 17.3 Å². The number of hydrogen-bond acceptors (Lipinski definition) is 4. The van der Waals surface area contributed by atoms with E-state index in [-0.39, 0.29) is 5.91 Å². The predicted molar refractivity (Wildman–Crippen MR) is 138 cm³/mol. The smallest absolute Gasteiger partial charge is 0.251 e. The number of pyridine rings is 1. The summed E-state index contributed by atoms with van der Waals surface area (Å²) in [5.74, 6) is 1.92. The van der Waals surface area contributed by atoms with Gasteiger partial charge in [-0.05, 0) is 77.9 Å². The first-order valence-corrected chi connectivity index (χ1v) is 12.4. The molecule has 0 radical (unpaired) electrons. The van der Waals surface area contributed by atoms with Crippen LogP contribution in [0, 0.1) is 5.92 Å². The maximum absolute atomic E-state index is 12.7. The third kappa shape index (κ3) is 6.60. The number of rotatable bonds is 10. The Morgan fingerprint density at radius 1 is 1.06 bits per heavy atom. The van der Waals surface area contributed by atoms with Gasteiger partial charge in [-0.2, -0.15) is 0 Å². The molecule has 178 valence electrons. The fourth-order valence-corrected chi connectivity index (χ4v) is 4.55. The van der Waals surface area contributed by atoms with Crippen molar-refractivity contribution in [3.8, 4) is 5.75 Å². The number of carbonyl (C=O) groups excluding carboxylic acids is 1. The van der Waals surface area contributed by atoms with Crippen LogP contribution in [0.15, 0.2) is 67.0 Å². The van der Waals surface area contributed by atoms with E-state index in [0.717, 1.165) is 41.6 Å². The highest BCUT2D eigenvalue weighted by Crippen LogP contribution is 2.31. The van der Waals surface area contributed by atoms with Crippen molar-refractivity contribution < 1.29 is 9.53 Å². The SMILES string of the molecule is CC(C)c1cc(OCc2ccncc2)ccc1Nc1cccc(C(=O)NCCC2CCCC2)c1. The van der Waals surface area contributed by atoms with Crippen LogP contribution >= 0.6 is 0 Å². The van der Waals surface area contributed by atoms with Crippen molar-refractivity contribution in [2.24, 2.45) is 5.92 Å². The minimum atomic E-state index is -0.00871. The molecule has 1 fully saturated rings. The van der Waals surface area contributed by atoms with Gasteiger partial charge in [0.2, 0.25) is 0 Å². The van der Waals surface area contributed by atoms with E-state index < -0.39 is 0 Å². The molecule has 5 nitrogen and oxygen atoms in total. The lowest BCUT2D eigenvalue weighted by Gasteiger charge is -2.17. The first kappa shape index (κ1) is 23.8. The topological polar surface area (TPSA) is 63.2 Å². The molecule has 34 heavy (non-hydrogen) atoms. The Balaban J connectivity index is 1.39. The van der Waals surface area contributed by atoms with Crippen LogP contribution in [-0.2, 0) is 6.61 Å². The number of ether oxygens (including phenoxy) is 1. The van der Waals surface area contributed by atoms with E-state index in [1.54, 1.807) is 12.4 Å². The average molecular weight is 458 g/mol. The summed E-state index contributed by atoms with van der Waals surface area (Å²) in [4.78, 5) is 16.7. The summed E-state index contributed by atoms with van der Waals surface area (Å²) in [6.07, 6.45) is 9.91. The predicted octanol–water partition coefficient (Wildman–Crippen LogP) is 6.84. The quantitative estimate of drug-likeness (QED) is 0.350. The van der Waals surface area contributed by atoms with E-state index in [1.165, 1.54) is 31.2 Å². The molecule has 1 aliphatic rings. The van der Waals surface area contributed by atoms with Gasteiger partial charge in [0, 0.05) is 35.9 Å². The molecule has 2 N–H and O–H groups in total. The van der Waals surface area contributed by atoms with Gasteiger partial charge in [-0.15, -0.1) is 0 Å². The van der Waals surface area contributed by atoms with Crippen LogP contribution in [0.25, 0.3) is 0 Å². The Labute approximate surface area is 203 Å². The lowest BCUT2D eigenvalue weighted by molar-refractivity contribution is 0.0951. The molecular formula is C29H35N3O2. The van der Waals surface area contributed by atoms with Gasteiger partial charge in [-0.1, -0.05) is 45.6 Å². The van der Waals surface area contributed by atoms with Crippen molar-refractivity contribution in [1.82, 2.24) is 10.3 Å². The Kier molecular flexibility index (Phi) is 8.18. The van der Waals surface area contributed by atoms with Crippen molar-refractivity contribution in [1.29, 1.82) is 0 Å². The van der Waals surface area contributed by atoms with Crippen molar-refractivity contribution in [3.63, 3.8) is 0 Å². The summed E-state index contributed by atoms with van der Waals surface area (Å²) >= 11 is 0. The lowest BCUT2D eigenvalue weighted by atomic mass is 10.0. The summed E-state index contributed by atoms with van der Waals surface area (Å²) in [5, 5.41) is 6.60. The van der Waals surface area contributed by atoms with Crippen LogP contribution in [0.3, 0.4) is 0 Å². The first-order chi connectivity index (χ1) is 16.6. The number of anilines is 2. The van der Waals surface area contributed by atoms with E-state index in [0.29, 0.717) is 18.1 Å². The third-order valence-electron chi connectivity index (χ3n) is 6.52. The minimum Gasteiger partial charge on any atom is -0.489 e. The number of hydrogen-bond donors (Lipinski definition) is 2. The molecular weight excluding hydrogens is 422 g/mol. The van der Waals surface area contributed by atoms with Gasteiger partial charge >= 0.3 is 0 Å². The van der Waals surface area contributed by atoms with Crippen molar-refractivity contribution in [2.45, 2.75) is 58.5 Å². The molecule has 1 aliphatic carbocycles. The normalized spacial score (nSPS) is 13.7. The molecule has 0 saturated heterocycles. The zero-order valence-corrected chi connectivity index (χ0v) is 20.2. The molecule has 0 atom stereocenters. The summed E-state index contributed by atoms with van der Waals surface area (Å²) in [7, 11) is 0. The Bertz CT molecular complexity index is 1080. The van der Waals surface area contributed by atoms with Gasteiger partial charge < -0.3 is 15.4 Å². The van der Waals surface area contributed by atoms with E-state index in [9.17, 15) is 4.79 Å². The average Bonchev–Trinajstić information content (AvgIpc) is 3.37. The fraction of sp³-hybridized carbons (Fsp3) is 0.379. The number of nitrogens with zero attached hydrogens (tertiary/aromatic N) is 1. The van der Waals surface area contributed by atoms with Crippen LogP contribution in [0.4, 0.5) is 11.4 Å². The van der Waals surface area contributed by atoms with Crippen LogP contribution < -0.4 is 15.4 Å². The molecule has 0 aliphatic heterocycles. The highest BCUT2D eigenvalue weighted by molar-refractivity contribution is 5.95. The van der Waals surface area contributed by atoms with Gasteiger partial charge in [0.05, 0.1) is 0 Å². The van der Waals surface area contributed by atoms with E-state index >= 15 is 0 Å². The second-order valence-corrected chi connectivity index (χ2v) is 9.45. The minimum absolute atomic E-state index is 0.00871.